The van der Waals surface area contributed by atoms with E-state index in [0.29, 0.717) is 35.3 Å². The van der Waals surface area contributed by atoms with Gasteiger partial charge in [-0.25, -0.2) is 9.97 Å². The van der Waals surface area contributed by atoms with Gasteiger partial charge in [-0.2, -0.15) is 0 Å². The summed E-state index contributed by atoms with van der Waals surface area (Å²) in [7, 11) is 0. The molecule has 4 aromatic rings. The van der Waals surface area contributed by atoms with Crippen LogP contribution in [-0.2, 0) is 0 Å². The van der Waals surface area contributed by atoms with E-state index in [1.807, 2.05) is 35.6 Å². The second-order valence-electron chi connectivity index (χ2n) is 6.61. The van der Waals surface area contributed by atoms with E-state index in [1.165, 1.54) is 6.20 Å². The zero-order valence-corrected chi connectivity index (χ0v) is 16.6. The Bertz CT molecular complexity index is 1160. The number of hydrogen-bond acceptors (Lipinski definition) is 6. The molecule has 3 heterocycles. The zero-order chi connectivity index (χ0) is 20.2. The summed E-state index contributed by atoms with van der Waals surface area (Å²) in [6.07, 6.45) is 3.17. The molecule has 0 atom stereocenters. The smallest absolute Gasteiger partial charge is 0.252 e. The van der Waals surface area contributed by atoms with Crippen LogP contribution in [-0.4, -0.2) is 43.6 Å². The first-order chi connectivity index (χ1) is 14.1. The lowest BCUT2D eigenvalue weighted by Crippen LogP contribution is -2.24. The Balaban J connectivity index is 1.32. The summed E-state index contributed by atoms with van der Waals surface area (Å²) in [4.78, 5) is 20.6. The zero-order valence-electron chi connectivity index (χ0n) is 15.9. The first-order valence-electron chi connectivity index (χ1n) is 9.37. The van der Waals surface area contributed by atoms with Crippen LogP contribution in [0.25, 0.3) is 16.7 Å². The Morgan fingerprint density at radius 3 is 2.76 bits per heavy atom. The summed E-state index contributed by atoms with van der Waals surface area (Å²) in [6.45, 7) is 3.22. The van der Waals surface area contributed by atoms with Crippen molar-refractivity contribution in [1.82, 2.24) is 29.9 Å². The van der Waals surface area contributed by atoms with Crippen LogP contribution in [0, 0.1) is 6.92 Å². The van der Waals surface area contributed by atoms with Crippen molar-refractivity contribution in [1.29, 1.82) is 0 Å². The average molecular weight is 410 g/mol. The molecule has 4 rings (SSSR count). The average Bonchev–Trinajstić information content (AvgIpc) is 3.13. The minimum absolute atomic E-state index is 0.154. The molecule has 0 radical (unpaired) electrons. The number of hydrogen-bond donors (Lipinski definition) is 2. The number of rotatable bonds is 7. The summed E-state index contributed by atoms with van der Waals surface area (Å²) < 4.78 is 2.01. The predicted octanol–water partition coefficient (Wildman–Crippen LogP) is 3.26. The summed E-state index contributed by atoms with van der Waals surface area (Å²) >= 11 is 5.73. The van der Waals surface area contributed by atoms with Gasteiger partial charge >= 0.3 is 0 Å². The van der Waals surface area contributed by atoms with E-state index in [-0.39, 0.29) is 5.91 Å². The number of amides is 1. The number of carbonyl (C=O) groups excluding carboxylic acids is 1. The lowest BCUT2D eigenvalue weighted by atomic mass is 10.2. The standard InChI is InChI=1S/C20H20ClN7O/c1-13-26-27-19-18(25-15-6-2-3-7-16(15)28(13)19)22-10-4-5-11-23-20(29)14-8-9-17(21)24-12-14/h2-3,6-9,12H,4-5,10-11H2,1H3,(H,22,25)(H,23,29). The van der Waals surface area contributed by atoms with E-state index in [0.717, 1.165) is 29.7 Å². The first-order valence-corrected chi connectivity index (χ1v) is 9.75. The fraction of sp³-hybridized carbons (Fsp3) is 0.250. The van der Waals surface area contributed by atoms with Gasteiger partial charge < -0.3 is 10.6 Å². The number of nitrogens with one attached hydrogen (secondary N) is 2. The number of aromatic nitrogens is 5. The second-order valence-corrected chi connectivity index (χ2v) is 7.00. The molecule has 0 bridgehead atoms. The molecule has 29 heavy (non-hydrogen) atoms. The van der Waals surface area contributed by atoms with Crippen molar-refractivity contribution in [2.45, 2.75) is 19.8 Å². The molecule has 1 amide bonds. The molecule has 9 heteroatoms. The van der Waals surface area contributed by atoms with Gasteiger partial charge in [0, 0.05) is 19.3 Å². The second kappa shape index (κ2) is 8.40. The van der Waals surface area contributed by atoms with E-state index in [9.17, 15) is 4.79 Å². The predicted molar refractivity (Wildman–Crippen MR) is 112 cm³/mol. The van der Waals surface area contributed by atoms with Gasteiger partial charge in [-0.3, -0.25) is 9.20 Å². The Hall–Kier alpha value is -3.26. The number of anilines is 1. The molecular formula is C20H20ClN7O. The topological polar surface area (TPSA) is 97.1 Å². The van der Waals surface area contributed by atoms with Gasteiger partial charge in [0.2, 0.25) is 5.65 Å². The van der Waals surface area contributed by atoms with E-state index in [4.69, 9.17) is 11.6 Å². The highest BCUT2D eigenvalue weighted by atomic mass is 35.5. The maximum Gasteiger partial charge on any atom is 0.252 e. The third-order valence-corrected chi connectivity index (χ3v) is 4.79. The Kier molecular flexibility index (Phi) is 5.53. The molecule has 1 aromatic carbocycles. The molecule has 0 spiro atoms. The third-order valence-electron chi connectivity index (χ3n) is 4.56. The molecule has 0 fully saturated rings. The molecule has 148 valence electrons. The third kappa shape index (κ3) is 4.12. The van der Waals surface area contributed by atoms with E-state index in [2.05, 4.69) is 30.8 Å². The molecule has 2 N–H and O–H groups in total. The molecule has 0 aliphatic carbocycles. The van der Waals surface area contributed by atoms with E-state index in [1.54, 1.807) is 12.1 Å². The number of unbranched alkanes of at least 4 members (excludes halogenated alkanes) is 1. The van der Waals surface area contributed by atoms with Gasteiger partial charge in [-0.1, -0.05) is 23.7 Å². The normalized spacial score (nSPS) is 11.1. The number of pyridine rings is 1. The van der Waals surface area contributed by atoms with Crippen molar-refractivity contribution in [3.05, 3.63) is 59.1 Å². The van der Waals surface area contributed by atoms with Crippen LogP contribution in [0.3, 0.4) is 0 Å². The number of aryl methyl sites for hydroxylation is 1. The Labute approximate surface area is 172 Å². The van der Waals surface area contributed by atoms with Gasteiger partial charge in [0.25, 0.3) is 5.91 Å². The van der Waals surface area contributed by atoms with Crippen molar-refractivity contribution in [2.24, 2.45) is 0 Å². The highest BCUT2D eigenvalue weighted by Gasteiger charge is 2.12. The summed E-state index contributed by atoms with van der Waals surface area (Å²) in [5, 5.41) is 15.0. The number of benzene rings is 1. The summed E-state index contributed by atoms with van der Waals surface area (Å²) in [5.74, 6) is 1.38. The Morgan fingerprint density at radius 2 is 1.93 bits per heavy atom. The molecule has 0 saturated heterocycles. The number of nitrogens with zero attached hydrogens (tertiary/aromatic N) is 5. The van der Waals surface area contributed by atoms with Crippen molar-refractivity contribution in [3.8, 4) is 0 Å². The van der Waals surface area contributed by atoms with Crippen LogP contribution in [0.2, 0.25) is 5.15 Å². The highest BCUT2D eigenvalue weighted by molar-refractivity contribution is 6.29. The quantitative estimate of drug-likeness (QED) is 0.359. The minimum Gasteiger partial charge on any atom is -0.367 e. The number of fused-ring (bicyclic) bond motifs is 3. The van der Waals surface area contributed by atoms with E-state index >= 15 is 0 Å². The number of para-hydroxylation sites is 2. The minimum atomic E-state index is -0.154. The molecular weight excluding hydrogens is 390 g/mol. The lowest BCUT2D eigenvalue weighted by molar-refractivity contribution is 0.0952. The van der Waals surface area contributed by atoms with Gasteiger partial charge in [0.1, 0.15) is 11.0 Å². The number of carbonyl (C=O) groups is 1. The molecule has 0 aliphatic rings. The SMILES string of the molecule is Cc1nnc2c(NCCCCNC(=O)c3ccc(Cl)nc3)nc3ccccc3n12. The van der Waals surface area contributed by atoms with Gasteiger partial charge in [0.05, 0.1) is 16.6 Å². The number of halogens is 1. The maximum absolute atomic E-state index is 12.0. The van der Waals surface area contributed by atoms with Crippen LogP contribution in [0.4, 0.5) is 5.82 Å². The van der Waals surface area contributed by atoms with E-state index < -0.39 is 0 Å². The molecule has 8 nitrogen and oxygen atoms in total. The van der Waals surface area contributed by atoms with Crippen LogP contribution in [0.15, 0.2) is 42.6 Å². The lowest BCUT2D eigenvalue weighted by Gasteiger charge is -2.10. The first kappa shape index (κ1) is 19.1. The summed E-state index contributed by atoms with van der Waals surface area (Å²) in [6, 6.07) is 11.2. The van der Waals surface area contributed by atoms with Gasteiger partial charge in [-0.15, -0.1) is 10.2 Å². The van der Waals surface area contributed by atoms with Crippen molar-refractivity contribution in [3.63, 3.8) is 0 Å². The summed E-state index contributed by atoms with van der Waals surface area (Å²) in [5.41, 5.74) is 3.08. The Morgan fingerprint density at radius 1 is 1.10 bits per heavy atom. The van der Waals surface area contributed by atoms with Crippen LogP contribution < -0.4 is 10.6 Å². The van der Waals surface area contributed by atoms with Crippen LogP contribution in [0.1, 0.15) is 29.0 Å². The monoisotopic (exact) mass is 409 g/mol. The highest BCUT2D eigenvalue weighted by Crippen LogP contribution is 2.21. The molecule has 0 unspecified atom stereocenters. The van der Waals surface area contributed by atoms with Crippen LogP contribution in [0.5, 0.6) is 0 Å². The van der Waals surface area contributed by atoms with Crippen molar-refractivity contribution >= 4 is 40.0 Å². The fourth-order valence-electron chi connectivity index (χ4n) is 3.11. The van der Waals surface area contributed by atoms with Crippen molar-refractivity contribution in [2.75, 3.05) is 18.4 Å². The van der Waals surface area contributed by atoms with Gasteiger partial charge in [0.15, 0.2) is 5.82 Å². The molecule has 0 aliphatic heterocycles. The van der Waals surface area contributed by atoms with Gasteiger partial charge in [-0.05, 0) is 44.0 Å². The maximum atomic E-state index is 12.0. The van der Waals surface area contributed by atoms with Crippen molar-refractivity contribution < 1.29 is 4.79 Å². The molecule has 3 aromatic heterocycles. The molecule has 0 saturated carbocycles. The van der Waals surface area contributed by atoms with Crippen LogP contribution >= 0.6 is 11.6 Å². The fourth-order valence-corrected chi connectivity index (χ4v) is 3.22. The largest absolute Gasteiger partial charge is 0.367 e.